The molecule has 0 spiro atoms. The maximum absolute atomic E-state index is 11.6. The molecule has 0 radical (unpaired) electrons. The molecule has 6 heteroatoms. The quantitative estimate of drug-likeness (QED) is 0.400. The minimum Gasteiger partial charge on any atom is -0.357 e. The van der Waals surface area contributed by atoms with Crippen molar-refractivity contribution in [2.45, 2.75) is 58.4 Å². The highest BCUT2D eigenvalue weighted by atomic mass is 16.2. The summed E-state index contributed by atoms with van der Waals surface area (Å²) in [5.74, 6) is 1.20. The van der Waals surface area contributed by atoms with E-state index < -0.39 is 0 Å². The average Bonchev–Trinajstić information content (AvgIpc) is 2.98. The molecule has 0 aromatic rings. The Kier molecular flexibility index (Phi) is 8.36. The van der Waals surface area contributed by atoms with Crippen molar-refractivity contribution in [2.24, 2.45) is 4.99 Å². The SMILES string of the molecule is CCNC(=NCCCN1CCCC1=O)NCCN1CCCCC1C. The van der Waals surface area contributed by atoms with Gasteiger partial charge in [-0.3, -0.25) is 14.7 Å². The Labute approximate surface area is 147 Å². The third-order valence-electron chi connectivity index (χ3n) is 5.00. The van der Waals surface area contributed by atoms with Crippen LogP contribution >= 0.6 is 0 Å². The first-order valence-corrected chi connectivity index (χ1v) is 9.74. The van der Waals surface area contributed by atoms with Gasteiger partial charge in [0, 0.05) is 51.7 Å². The van der Waals surface area contributed by atoms with E-state index >= 15 is 0 Å². The van der Waals surface area contributed by atoms with Gasteiger partial charge in [0.15, 0.2) is 5.96 Å². The Hall–Kier alpha value is -1.30. The van der Waals surface area contributed by atoms with E-state index in [4.69, 9.17) is 0 Å². The topological polar surface area (TPSA) is 60.0 Å². The predicted molar refractivity (Wildman–Crippen MR) is 99.3 cm³/mol. The molecule has 2 saturated heterocycles. The normalized spacial score (nSPS) is 22.9. The molecule has 0 bridgehead atoms. The molecular weight excluding hydrogens is 302 g/mol. The number of rotatable bonds is 8. The molecule has 0 saturated carbocycles. The number of carbonyl (C=O) groups is 1. The summed E-state index contributed by atoms with van der Waals surface area (Å²) in [5, 5.41) is 6.75. The Morgan fingerprint density at radius 2 is 2.08 bits per heavy atom. The van der Waals surface area contributed by atoms with Gasteiger partial charge in [-0.05, 0) is 46.1 Å². The van der Waals surface area contributed by atoms with Gasteiger partial charge >= 0.3 is 0 Å². The van der Waals surface area contributed by atoms with Crippen LogP contribution in [-0.2, 0) is 4.79 Å². The molecule has 2 heterocycles. The summed E-state index contributed by atoms with van der Waals surface area (Å²) in [6.45, 7) is 11.1. The van der Waals surface area contributed by atoms with Crippen LogP contribution in [0, 0.1) is 0 Å². The maximum atomic E-state index is 11.6. The molecule has 2 aliphatic heterocycles. The van der Waals surface area contributed by atoms with Crippen molar-refractivity contribution in [2.75, 3.05) is 45.8 Å². The van der Waals surface area contributed by atoms with E-state index in [-0.39, 0.29) is 0 Å². The van der Waals surface area contributed by atoms with Gasteiger partial charge in [0.05, 0.1) is 0 Å². The second kappa shape index (κ2) is 10.5. The van der Waals surface area contributed by atoms with Gasteiger partial charge in [-0.2, -0.15) is 0 Å². The lowest BCUT2D eigenvalue weighted by atomic mass is 10.0. The fraction of sp³-hybridized carbons (Fsp3) is 0.889. The van der Waals surface area contributed by atoms with E-state index in [0.29, 0.717) is 11.9 Å². The number of likely N-dealkylation sites (tertiary alicyclic amines) is 2. The standard InChI is InChI=1S/C18H35N5O/c1-3-19-18(20-10-7-14-23-13-6-9-17(23)24)21-11-15-22-12-5-4-8-16(22)2/h16H,3-15H2,1-2H3,(H2,19,20,21). The number of nitrogens with zero attached hydrogens (tertiary/aromatic N) is 3. The Morgan fingerprint density at radius 1 is 1.21 bits per heavy atom. The zero-order valence-electron chi connectivity index (χ0n) is 15.5. The van der Waals surface area contributed by atoms with Gasteiger partial charge in [-0.15, -0.1) is 0 Å². The van der Waals surface area contributed by atoms with Crippen molar-refractivity contribution in [3.8, 4) is 0 Å². The van der Waals surface area contributed by atoms with Crippen LogP contribution in [0.1, 0.15) is 52.4 Å². The van der Waals surface area contributed by atoms with E-state index in [2.05, 4.69) is 34.4 Å². The number of amides is 1. The lowest BCUT2D eigenvalue weighted by molar-refractivity contribution is -0.127. The van der Waals surface area contributed by atoms with Crippen LogP contribution in [0.15, 0.2) is 4.99 Å². The van der Waals surface area contributed by atoms with Crippen LogP contribution in [-0.4, -0.2) is 73.5 Å². The van der Waals surface area contributed by atoms with Crippen molar-refractivity contribution >= 4 is 11.9 Å². The number of carbonyl (C=O) groups excluding carboxylic acids is 1. The third kappa shape index (κ3) is 6.30. The molecule has 0 aromatic heterocycles. The summed E-state index contributed by atoms with van der Waals surface area (Å²) >= 11 is 0. The minimum absolute atomic E-state index is 0.305. The molecule has 2 rings (SSSR count). The first-order chi connectivity index (χ1) is 11.7. The lowest BCUT2D eigenvalue weighted by Crippen LogP contribution is -2.45. The second-order valence-corrected chi connectivity index (χ2v) is 6.91. The first kappa shape index (κ1) is 19.0. The maximum Gasteiger partial charge on any atom is 0.222 e. The number of guanidine groups is 1. The van der Waals surface area contributed by atoms with Crippen molar-refractivity contribution < 1.29 is 4.79 Å². The van der Waals surface area contributed by atoms with Gasteiger partial charge in [0.25, 0.3) is 0 Å². The van der Waals surface area contributed by atoms with Crippen LogP contribution in [0.3, 0.4) is 0 Å². The third-order valence-corrected chi connectivity index (χ3v) is 5.00. The molecule has 2 aliphatic rings. The molecule has 138 valence electrons. The number of nitrogens with one attached hydrogen (secondary N) is 2. The molecule has 0 aliphatic carbocycles. The molecule has 24 heavy (non-hydrogen) atoms. The molecule has 2 N–H and O–H groups in total. The van der Waals surface area contributed by atoms with Gasteiger partial charge in [-0.25, -0.2) is 0 Å². The fourth-order valence-electron chi connectivity index (χ4n) is 3.54. The summed E-state index contributed by atoms with van der Waals surface area (Å²) in [4.78, 5) is 20.8. The van der Waals surface area contributed by atoms with Crippen LogP contribution in [0.5, 0.6) is 0 Å². The van der Waals surface area contributed by atoms with Crippen LogP contribution in [0.4, 0.5) is 0 Å². The minimum atomic E-state index is 0.305. The fourth-order valence-corrected chi connectivity index (χ4v) is 3.54. The zero-order valence-corrected chi connectivity index (χ0v) is 15.5. The largest absolute Gasteiger partial charge is 0.357 e. The van der Waals surface area contributed by atoms with E-state index in [9.17, 15) is 4.79 Å². The summed E-state index contributed by atoms with van der Waals surface area (Å²) < 4.78 is 0. The number of hydrogen-bond donors (Lipinski definition) is 2. The monoisotopic (exact) mass is 337 g/mol. The van der Waals surface area contributed by atoms with Gasteiger partial charge in [-0.1, -0.05) is 6.42 Å². The zero-order chi connectivity index (χ0) is 17.2. The molecule has 2 fully saturated rings. The lowest BCUT2D eigenvalue weighted by Gasteiger charge is -2.33. The Morgan fingerprint density at radius 3 is 2.79 bits per heavy atom. The Balaban J connectivity index is 1.65. The smallest absolute Gasteiger partial charge is 0.222 e. The summed E-state index contributed by atoms with van der Waals surface area (Å²) in [6.07, 6.45) is 6.70. The molecule has 1 amide bonds. The summed E-state index contributed by atoms with van der Waals surface area (Å²) in [6, 6.07) is 0.707. The highest BCUT2D eigenvalue weighted by Crippen LogP contribution is 2.15. The van der Waals surface area contributed by atoms with Crippen molar-refractivity contribution in [1.29, 1.82) is 0 Å². The molecular formula is C18H35N5O. The van der Waals surface area contributed by atoms with Gasteiger partial charge in [0.2, 0.25) is 5.91 Å². The number of aliphatic imine (C=N–C) groups is 1. The Bertz CT molecular complexity index is 412. The first-order valence-electron chi connectivity index (χ1n) is 9.74. The highest BCUT2D eigenvalue weighted by Gasteiger charge is 2.19. The molecule has 1 atom stereocenters. The van der Waals surface area contributed by atoms with Crippen molar-refractivity contribution in [3.05, 3.63) is 0 Å². The summed E-state index contributed by atoms with van der Waals surface area (Å²) in [7, 11) is 0. The highest BCUT2D eigenvalue weighted by molar-refractivity contribution is 5.79. The van der Waals surface area contributed by atoms with E-state index in [1.165, 1.54) is 25.8 Å². The molecule has 1 unspecified atom stereocenters. The van der Waals surface area contributed by atoms with Crippen molar-refractivity contribution in [1.82, 2.24) is 20.4 Å². The van der Waals surface area contributed by atoms with Crippen LogP contribution < -0.4 is 10.6 Å². The van der Waals surface area contributed by atoms with Crippen LogP contribution in [0.2, 0.25) is 0 Å². The van der Waals surface area contributed by atoms with E-state index in [0.717, 1.165) is 64.5 Å². The second-order valence-electron chi connectivity index (χ2n) is 6.91. The number of piperidine rings is 1. The predicted octanol–water partition coefficient (Wildman–Crippen LogP) is 1.43. The molecule has 0 aromatic carbocycles. The van der Waals surface area contributed by atoms with Gasteiger partial charge in [0.1, 0.15) is 0 Å². The average molecular weight is 338 g/mol. The van der Waals surface area contributed by atoms with Gasteiger partial charge < -0.3 is 15.5 Å². The van der Waals surface area contributed by atoms with Crippen LogP contribution in [0.25, 0.3) is 0 Å². The van der Waals surface area contributed by atoms with E-state index in [1.54, 1.807) is 0 Å². The van der Waals surface area contributed by atoms with E-state index in [1.807, 2.05) is 4.90 Å². The summed E-state index contributed by atoms with van der Waals surface area (Å²) in [5.41, 5.74) is 0. The van der Waals surface area contributed by atoms with Crippen molar-refractivity contribution in [3.63, 3.8) is 0 Å². The number of hydrogen-bond acceptors (Lipinski definition) is 3. The molecule has 6 nitrogen and oxygen atoms in total.